The molecule has 0 aromatic heterocycles. The third kappa shape index (κ3) is 2.64. The van der Waals surface area contributed by atoms with Gasteiger partial charge in [-0.1, -0.05) is 37.6 Å². The molecule has 4 heteroatoms. The van der Waals surface area contributed by atoms with Crippen molar-refractivity contribution in [1.82, 2.24) is 5.01 Å². The van der Waals surface area contributed by atoms with Gasteiger partial charge in [0, 0.05) is 12.6 Å². The predicted octanol–water partition coefficient (Wildman–Crippen LogP) is 1.85. The highest BCUT2D eigenvalue weighted by molar-refractivity contribution is 5.98. The minimum atomic E-state index is 0.511. The molecule has 4 nitrogen and oxygen atoms in total. The zero-order chi connectivity index (χ0) is 13.2. The van der Waals surface area contributed by atoms with E-state index in [2.05, 4.69) is 24.2 Å². The number of hydrogen-bond donors (Lipinski definition) is 2. The first kappa shape index (κ1) is 12.9. The summed E-state index contributed by atoms with van der Waals surface area (Å²) in [5.74, 6) is 11.6. The van der Waals surface area contributed by atoms with E-state index in [-0.39, 0.29) is 0 Å². The van der Waals surface area contributed by atoms with Gasteiger partial charge in [-0.3, -0.25) is 5.01 Å². The molecule has 0 saturated heterocycles. The molecule has 0 unspecified atom stereocenters. The fourth-order valence-electron chi connectivity index (χ4n) is 2.59. The molecule has 0 aliphatic heterocycles. The Kier molecular flexibility index (Phi) is 3.57. The van der Waals surface area contributed by atoms with Crippen LogP contribution in [0.5, 0.6) is 0 Å². The van der Waals surface area contributed by atoms with Crippen molar-refractivity contribution in [2.24, 2.45) is 22.2 Å². The van der Waals surface area contributed by atoms with Crippen molar-refractivity contribution in [2.45, 2.75) is 32.6 Å². The molecule has 0 radical (unpaired) electrons. The van der Waals surface area contributed by atoms with E-state index in [1.165, 1.54) is 29.8 Å². The lowest BCUT2D eigenvalue weighted by Crippen LogP contribution is -2.34. The molecule has 1 saturated carbocycles. The first-order chi connectivity index (χ1) is 8.54. The summed E-state index contributed by atoms with van der Waals surface area (Å²) in [4.78, 5) is 0. The van der Waals surface area contributed by atoms with Gasteiger partial charge in [0.05, 0.1) is 0 Å². The van der Waals surface area contributed by atoms with E-state index < -0.39 is 0 Å². The van der Waals surface area contributed by atoms with Crippen LogP contribution in [-0.4, -0.2) is 17.9 Å². The Morgan fingerprint density at radius 3 is 2.33 bits per heavy atom. The Hall–Kier alpha value is -1.55. The smallest absolute Gasteiger partial charge is 0.169 e. The van der Waals surface area contributed by atoms with Crippen molar-refractivity contribution in [3.8, 4) is 0 Å². The zero-order valence-corrected chi connectivity index (χ0v) is 11.2. The molecule has 0 spiro atoms. The quantitative estimate of drug-likeness (QED) is 0.370. The van der Waals surface area contributed by atoms with Gasteiger partial charge in [0.2, 0.25) is 0 Å². The molecular weight excluding hydrogens is 224 g/mol. The van der Waals surface area contributed by atoms with Crippen LogP contribution in [0.2, 0.25) is 0 Å². The maximum Gasteiger partial charge on any atom is 0.169 e. The molecular formula is C14H22N4. The maximum absolute atomic E-state index is 5.67. The summed E-state index contributed by atoms with van der Waals surface area (Å²) in [6, 6.07) is 8.36. The van der Waals surface area contributed by atoms with E-state index in [9.17, 15) is 0 Å². The zero-order valence-electron chi connectivity index (χ0n) is 11.2. The maximum atomic E-state index is 5.67. The van der Waals surface area contributed by atoms with E-state index in [0.717, 1.165) is 12.0 Å². The summed E-state index contributed by atoms with van der Waals surface area (Å²) in [5, 5.41) is 5.14. The number of hydrogen-bond acceptors (Lipinski definition) is 3. The molecule has 0 bridgehead atoms. The van der Waals surface area contributed by atoms with Crippen LogP contribution in [0.3, 0.4) is 0 Å². The van der Waals surface area contributed by atoms with Crippen molar-refractivity contribution >= 4 is 5.84 Å². The van der Waals surface area contributed by atoms with Gasteiger partial charge in [0.1, 0.15) is 0 Å². The number of amidine groups is 1. The van der Waals surface area contributed by atoms with Crippen LogP contribution in [0.25, 0.3) is 0 Å². The Morgan fingerprint density at radius 2 is 1.94 bits per heavy atom. The highest BCUT2D eigenvalue weighted by Gasteiger charge is 2.31. The van der Waals surface area contributed by atoms with Gasteiger partial charge in [-0.25, -0.2) is 5.84 Å². The number of hydrazine groups is 1. The van der Waals surface area contributed by atoms with Gasteiger partial charge in [-0.05, 0) is 30.2 Å². The van der Waals surface area contributed by atoms with E-state index in [1.54, 1.807) is 7.05 Å². The summed E-state index contributed by atoms with van der Waals surface area (Å²) in [6.45, 7) is 2.37. The average molecular weight is 246 g/mol. The first-order valence-corrected chi connectivity index (χ1v) is 6.40. The monoisotopic (exact) mass is 246 g/mol. The van der Waals surface area contributed by atoms with E-state index in [1.807, 2.05) is 12.1 Å². The molecule has 1 aromatic rings. The summed E-state index contributed by atoms with van der Waals surface area (Å²) >= 11 is 0. The van der Waals surface area contributed by atoms with Gasteiger partial charge in [0.15, 0.2) is 5.84 Å². The number of benzene rings is 1. The van der Waals surface area contributed by atoms with Gasteiger partial charge in [-0.15, -0.1) is 0 Å². The summed E-state index contributed by atoms with van der Waals surface area (Å²) < 4.78 is 0. The topological polar surface area (TPSA) is 67.6 Å². The summed E-state index contributed by atoms with van der Waals surface area (Å²) in [7, 11) is 1.73. The standard InChI is InChI=1S/C14H22N4/c1-14(8-3-9-14)10-11-4-6-12(7-5-11)13(17-15)18(2)16/h4-7H,3,8-10,15-16H2,1-2H3/b17-13-. The van der Waals surface area contributed by atoms with Crippen LogP contribution in [0.4, 0.5) is 0 Å². The van der Waals surface area contributed by atoms with Gasteiger partial charge in [0.25, 0.3) is 0 Å². The number of hydrazone groups is 1. The fourth-order valence-corrected chi connectivity index (χ4v) is 2.59. The van der Waals surface area contributed by atoms with Crippen molar-refractivity contribution in [1.29, 1.82) is 0 Å². The molecule has 98 valence electrons. The largest absolute Gasteiger partial charge is 0.321 e. The molecule has 4 N–H and O–H groups in total. The molecule has 18 heavy (non-hydrogen) atoms. The second kappa shape index (κ2) is 4.98. The lowest BCUT2D eigenvalue weighted by molar-refractivity contribution is 0.161. The molecule has 0 amide bonds. The number of nitrogens with two attached hydrogens (primary N) is 2. The van der Waals surface area contributed by atoms with Gasteiger partial charge in [-0.2, -0.15) is 5.10 Å². The van der Waals surface area contributed by atoms with Gasteiger partial charge < -0.3 is 5.84 Å². The second-order valence-electron chi connectivity index (χ2n) is 5.60. The van der Waals surface area contributed by atoms with Crippen LogP contribution in [0, 0.1) is 5.41 Å². The fraction of sp³-hybridized carbons (Fsp3) is 0.500. The van der Waals surface area contributed by atoms with Crippen molar-refractivity contribution in [3.63, 3.8) is 0 Å². The predicted molar refractivity (Wildman–Crippen MR) is 74.8 cm³/mol. The van der Waals surface area contributed by atoms with Crippen LogP contribution in [-0.2, 0) is 6.42 Å². The Morgan fingerprint density at radius 1 is 1.33 bits per heavy atom. The van der Waals surface area contributed by atoms with E-state index in [4.69, 9.17) is 11.7 Å². The third-order valence-electron chi connectivity index (χ3n) is 3.86. The van der Waals surface area contributed by atoms with Crippen LogP contribution < -0.4 is 11.7 Å². The SMILES string of the molecule is CN(N)/C(=N\N)c1ccc(CC2(C)CCC2)cc1. The van der Waals surface area contributed by atoms with Crippen LogP contribution in [0.15, 0.2) is 29.4 Å². The molecule has 1 aliphatic rings. The molecule has 1 aromatic carbocycles. The molecule has 2 rings (SSSR count). The van der Waals surface area contributed by atoms with Crippen molar-refractivity contribution in [3.05, 3.63) is 35.4 Å². The first-order valence-electron chi connectivity index (χ1n) is 6.40. The number of nitrogens with zero attached hydrogens (tertiary/aromatic N) is 2. The number of rotatable bonds is 3. The van der Waals surface area contributed by atoms with Gasteiger partial charge >= 0.3 is 0 Å². The summed E-state index contributed by atoms with van der Waals surface area (Å²) in [5.41, 5.74) is 2.83. The lowest BCUT2D eigenvalue weighted by Gasteiger charge is -2.38. The molecule has 1 fully saturated rings. The van der Waals surface area contributed by atoms with Crippen molar-refractivity contribution in [2.75, 3.05) is 7.05 Å². The molecule has 1 aliphatic carbocycles. The minimum Gasteiger partial charge on any atom is -0.321 e. The average Bonchev–Trinajstić information content (AvgIpc) is 2.30. The Labute approximate surface area is 109 Å². The van der Waals surface area contributed by atoms with E-state index >= 15 is 0 Å². The lowest BCUT2D eigenvalue weighted by atomic mass is 9.67. The van der Waals surface area contributed by atoms with Crippen LogP contribution in [0.1, 0.15) is 37.3 Å². The Balaban J connectivity index is 2.10. The molecule has 0 atom stereocenters. The highest BCUT2D eigenvalue weighted by atomic mass is 15.4. The van der Waals surface area contributed by atoms with E-state index in [0.29, 0.717) is 11.3 Å². The Bertz CT molecular complexity index is 430. The highest BCUT2D eigenvalue weighted by Crippen LogP contribution is 2.42. The normalized spacial score (nSPS) is 18.3. The summed E-state index contributed by atoms with van der Waals surface area (Å²) in [6.07, 6.45) is 5.21. The second-order valence-corrected chi connectivity index (χ2v) is 5.60. The minimum absolute atomic E-state index is 0.511. The molecule has 0 heterocycles. The van der Waals surface area contributed by atoms with Crippen molar-refractivity contribution < 1.29 is 0 Å². The third-order valence-corrected chi connectivity index (χ3v) is 3.86. The van der Waals surface area contributed by atoms with Crippen LogP contribution >= 0.6 is 0 Å².